The molecule has 4 heteroatoms. The first kappa shape index (κ1) is 9.66. The van der Waals surface area contributed by atoms with E-state index in [9.17, 15) is 4.79 Å². The minimum absolute atomic E-state index is 0.136. The van der Waals surface area contributed by atoms with Crippen LogP contribution in [0, 0.1) is 0 Å². The van der Waals surface area contributed by atoms with Crippen LogP contribution in [0.5, 0.6) is 0 Å². The van der Waals surface area contributed by atoms with Crippen molar-refractivity contribution in [2.45, 2.75) is 24.8 Å². The van der Waals surface area contributed by atoms with Crippen molar-refractivity contribution in [3.8, 4) is 0 Å². The molecule has 0 atom stereocenters. The van der Waals surface area contributed by atoms with Crippen molar-refractivity contribution in [2.24, 2.45) is 5.73 Å². The van der Waals surface area contributed by atoms with Gasteiger partial charge in [-0.2, -0.15) is 0 Å². The van der Waals surface area contributed by atoms with E-state index in [1.807, 2.05) is 23.1 Å². The zero-order valence-corrected chi connectivity index (χ0v) is 9.07. The zero-order chi connectivity index (χ0) is 11.3. The molecule has 0 aromatic heterocycles. The molecule has 4 N–H and O–H groups in total. The molecule has 16 heavy (non-hydrogen) atoms. The molecule has 0 spiro atoms. The van der Waals surface area contributed by atoms with E-state index in [-0.39, 0.29) is 11.4 Å². The summed E-state index contributed by atoms with van der Waals surface area (Å²) in [6.45, 7) is 0.642. The van der Waals surface area contributed by atoms with E-state index in [1.165, 1.54) is 0 Å². The number of hydrogen-bond acceptors (Lipinski definition) is 3. The van der Waals surface area contributed by atoms with Gasteiger partial charge in [0.05, 0.1) is 6.42 Å². The Bertz CT molecular complexity index is 465. The van der Waals surface area contributed by atoms with Crippen molar-refractivity contribution in [3.63, 3.8) is 0 Å². The van der Waals surface area contributed by atoms with Gasteiger partial charge in [-0.05, 0) is 36.6 Å². The predicted octanol–water partition coefficient (Wildman–Crippen LogP) is 0.649. The average Bonchev–Trinajstić information content (AvgIpc) is 2.86. The molecule has 1 amide bonds. The molecule has 1 aliphatic carbocycles. The smallest absolute Gasteiger partial charge is 0.231 e. The highest BCUT2D eigenvalue weighted by Crippen LogP contribution is 2.38. The summed E-state index contributed by atoms with van der Waals surface area (Å²) in [7, 11) is 0. The molecule has 84 valence electrons. The maximum absolute atomic E-state index is 11.9. The van der Waals surface area contributed by atoms with Crippen molar-refractivity contribution in [1.29, 1.82) is 0 Å². The minimum Gasteiger partial charge on any atom is -0.399 e. The highest BCUT2D eigenvalue weighted by molar-refractivity contribution is 6.02. The number of carbonyl (C=O) groups excluding carboxylic acids is 1. The van der Waals surface area contributed by atoms with Crippen LogP contribution in [0.4, 0.5) is 11.4 Å². The monoisotopic (exact) mass is 217 g/mol. The van der Waals surface area contributed by atoms with E-state index in [0.29, 0.717) is 18.7 Å². The number of nitrogen functional groups attached to an aromatic ring is 1. The van der Waals surface area contributed by atoms with Crippen LogP contribution in [0.3, 0.4) is 0 Å². The minimum atomic E-state index is -0.140. The normalized spacial score (nSPS) is 21.1. The summed E-state index contributed by atoms with van der Waals surface area (Å²) in [5, 5.41) is 0. The molecule has 0 bridgehead atoms. The quantitative estimate of drug-likeness (QED) is 0.714. The molecule has 1 saturated carbocycles. The number of nitrogens with zero attached hydrogens (tertiary/aromatic N) is 1. The maximum Gasteiger partial charge on any atom is 0.231 e. The fourth-order valence-electron chi connectivity index (χ4n) is 2.21. The molecule has 0 saturated heterocycles. The van der Waals surface area contributed by atoms with Gasteiger partial charge >= 0.3 is 0 Å². The summed E-state index contributed by atoms with van der Waals surface area (Å²) in [5.74, 6) is 0.136. The first-order valence-electron chi connectivity index (χ1n) is 5.55. The summed E-state index contributed by atoms with van der Waals surface area (Å²) in [6.07, 6.45) is 2.48. The maximum atomic E-state index is 11.9. The Hall–Kier alpha value is -1.55. The lowest BCUT2D eigenvalue weighted by molar-refractivity contribution is -0.117. The van der Waals surface area contributed by atoms with Crippen LogP contribution in [0.1, 0.15) is 18.4 Å². The summed E-state index contributed by atoms with van der Waals surface area (Å²) in [5.41, 5.74) is 14.3. The van der Waals surface area contributed by atoms with Crippen LogP contribution in [0.2, 0.25) is 0 Å². The molecule has 1 heterocycles. The Kier molecular flexibility index (Phi) is 1.80. The SMILES string of the molecule is Nc1ccc2c(c1)CC(=O)N2CC1(N)CC1. The predicted molar refractivity (Wildman–Crippen MR) is 63.1 cm³/mol. The summed E-state index contributed by atoms with van der Waals surface area (Å²) < 4.78 is 0. The topological polar surface area (TPSA) is 72.4 Å². The van der Waals surface area contributed by atoms with Crippen LogP contribution in [0.25, 0.3) is 0 Å². The molecule has 1 aromatic carbocycles. The van der Waals surface area contributed by atoms with Crippen molar-refractivity contribution >= 4 is 17.3 Å². The van der Waals surface area contributed by atoms with Gasteiger partial charge in [-0.15, -0.1) is 0 Å². The van der Waals surface area contributed by atoms with E-state index < -0.39 is 0 Å². The first-order valence-corrected chi connectivity index (χ1v) is 5.55. The fraction of sp³-hybridized carbons (Fsp3) is 0.417. The number of anilines is 2. The van der Waals surface area contributed by atoms with Gasteiger partial charge in [0.2, 0.25) is 5.91 Å². The molecule has 1 aliphatic heterocycles. The molecule has 1 fully saturated rings. The molecule has 0 radical (unpaired) electrons. The van der Waals surface area contributed by atoms with Crippen LogP contribution >= 0.6 is 0 Å². The Balaban J connectivity index is 1.93. The third-order valence-corrected chi connectivity index (χ3v) is 3.40. The molecule has 0 unspecified atom stereocenters. The van der Waals surface area contributed by atoms with Crippen molar-refractivity contribution in [2.75, 3.05) is 17.2 Å². The van der Waals surface area contributed by atoms with E-state index in [1.54, 1.807) is 0 Å². The molecule has 2 aliphatic rings. The summed E-state index contributed by atoms with van der Waals surface area (Å²) >= 11 is 0. The van der Waals surface area contributed by atoms with Crippen LogP contribution in [-0.4, -0.2) is 18.0 Å². The van der Waals surface area contributed by atoms with Crippen molar-refractivity contribution in [1.82, 2.24) is 0 Å². The number of amides is 1. The number of rotatable bonds is 2. The average molecular weight is 217 g/mol. The number of nitrogens with two attached hydrogens (primary N) is 2. The summed E-state index contributed by atoms with van der Waals surface area (Å²) in [6, 6.07) is 5.63. The van der Waals surface area contributed by atoms with Crippen LogP contribution < -0.4 is 16.4 Å². The Morgan fingerprint density at radius 3 is 2.81 bits per heavy atom. The Morgan fingerprint density at radius 1 is 1.38 bits per heavy atom. The van der Waals surface area contributed by atoms with Gasteiger partial charge in [-0.3, -0.25) is 4.79 Å². The second kappa shape index (κ2) is 2.98. The third-order valence-electron chi connectivity index (χ3n) is 3.40. The second-order valence-electron chi connectivity index (χ2n) is 4.91. The van der Waals surface area contributed by atoms with E-state index >= 15 is 0 Å². The molecular weight excluding hydrogens is 202 g/mol. The van der Waals surface area contributed by atoms with Gasteiger partial charge in [0.25, 0.3) is 0 Å². The lowest BCUT2D eigenvalue weighted by Gasteiger charge is -2.21. The van der Waals surface area contributed by atoms with Gasteiger partial charge in [-0.1, -0.05) is 0 Å². The zero-order valence-electron chi connectivity index (χ0n) is 9.07. The molecular formula is C12H15N3O. The lowest BCUT2D eigenvalue weighted by Crippen LogP contribution is -2.41. The number of hydrogen-bond donors (Lipinski definition) is 2. The number of fused-ring (bicyclic) bond motifs is 1. The third kappa shape index (κ3) is 1.46. The van der Waals surface area contributed by atoms with Gasteiger partial charge in [-0.25, -0.2) is 0 Å². The lowest BCUT2D eigenvalue weighted by atomic mass is 10.1. The standard InChI is InChI=1S/C12H15N3O/c13-9-1-2-10-8(5-9)6-11(16)15(10)7-12(14)3-4-12/h1-2,5H,3-4,6-7,13-14H2. The number of carbonyl (C=O) groups is 1. The van der Waals surface area contributed by atoms with Crippen molar-refractivity contribution in [3.05, 3.63) is 23.8 Å². The van der Waals surface area contributed by atoms with E-state index in [0.717, 1.165) is 24.1 Å². The van der Waals surface area contributed by atoms with Gasteiger partial charge in [0.1, 0.15) is 0 Å². The van der Waals surface area contributed by atoms with E-state index in [2.05, 4.69) is 0 Å². The molecule has 1 aromatic rings. The second-order valence-corrected chi connectivity index (χ2v) is 4.91. The largest absolute Gasteiger partial charge is 0.399 e. The Labute approximate surface area is 94.2 Å². The highest BCUT2D eigenvalue weighted by atomic mass is 16.2. The van der Waals surface area contributed by atoms with Gasteiger partial charge in [0, 0.05) is 23.5 Å². The van der Waals surface area contributed by atoms with Gasteiger partial charge in [0.15, 0.2) is 0 Å². The van der Waals surface area contributed by atoms with Crippen molar-refractivity contribution < 1.29 is 4.79 Å². The van der Waals surface area contributed by atoms with E-state index in [4.69, 9.17) is 11.5 Å². The molecule has 4 nitrogen and oxygen atoms in total. The van der Waals surface area contributed by atoms with Gasteiger partial charge < -0.3 is 16.4 Å². The Morgan fingerprint density at radius 2 is 2.12 bits per heavy atom. The molecule has 3 rings (SSSR count). The van der Waals surface area contributed by atoms with Crippen LogP contribution in [0.15, 0.2) is 18.2 Å². The summed E-state index contributed by atoms with van der Waals surface area (Å²) in [4.78, 5) is 13.7. The highest BCUT2D eigenvalue weighted by Gasteiger charge is 2.42. The van der Waals surface area contributed by atoms with Crippen LogP contribution in [-0.2, 0) is 11.2 Å². The fourth-order valence-corrected chi connectivity index (χ4v) is 2.21. The first-order chi connectivity index (χ1) is 7.57. The number of benzene rings is 1.